The molecule has 1 aliphatic rings. The van der Waals surface area contributed by atoms with Crippen molar-refractivity contribution in [3.05, 3.63) is 70.8 Å². The van der Waals surface area contributed by atoms with Crippen LogP contribution in [-0.4, -0.2) is 5.91 Å². The lowest BCUT2D eigenvalue weighted by atomic mass is 9.93. The standard InChI is InChI=1S/C20H24N2O/c1-2-16(17-6-4-3-5-7-17)11-20(23)22-12-15-8-9-18-13-21-14-19(18)10-15/h3-10,16,21H,2,11-14H2,1H3,(H,22,23). The van der Waals surface area contributed by atoms with Crippen LogP contribution in [0.15, 0.2) is 48.5 Å². The minimum atomic E-state index is 0.124. The number of hydrogen-bond donors (Lipinski definition) is 2. The van der Waals surface area contributed by atoms with Crippen molar-refractivity contribution in [3.63, 3.8) is 0 Å². The van der Waals surface area contributed by atoms with Crippen LogP contribution in [0, 0.1) is 0 Å². The van der Waals surface area contributed by atoms with Gasteiger partial charge in [0, 0.05) is 26.1 Å². The molecule has 120 valence electrons. The van der Waals surface area contributed by atoms with Crippen LogP contribution in [0.1, 0.15) is 47.9 Å². The highest BCUT2D eigenvalue weighted by Gasteiger charge is 2.14. The first-order valence-corrected chi connectivity index (χ1v) is 8.39. The number of carbonyl (C=O) groups is 1. The number of fused-ring (bicyclic) bond motifs is 1. The van der Waals surface area contributed by atoms with E-state index in [-0.39, 0.29) is 5.91 Å². The average molecular weight is 308 g/mol. The number of hydrogen-bond acceptors (Lipinski definition) is 2. The van der Waals surface area contributed by atoms with E-state index in [2.05, 4.69) is 47.9 Å². The van der Waals surface area contributed by atoms with Gasteiger partial charge in [0.2, 0.25) is 5.91 Å². The van der Waals surface area contributed by atoms with Gasteiger partial charge in [-0.2, -0.15) is 0 Å². The third kappa shape index (κ3) is 3.99. The zero-order valence-corrected chi connectivity index (χ0v) is 13.6. The molecular formula is C20H24N2O. The molecule has 1 aliphatic heterocycles. The Morgan fingerprint density at radius 3 is 2.70 bits per heavy atom. The van der Waals surface area contributed by atoms with Gasteiger partial charge in [-0.15, -0.1) is 0 Å². The van der Waals surface area contributed by atoms with Crippen molar-refractivity contribution in [2.24, 2.45) is 0 Å². The van der Waals surface area contributed by atoms with Crippen molar-refractivity contribution in [2.45, 2.75) is 45.3 Å². The van der Waals surface area contributed by atoms with E-state index >= 15 is 0 Å². The van der Waals surface area contributed by atoms with Gasteiger partial charge in [0.05, 0.1) is 0 Å². The first kappa shape index (κ1) is 15.8. The van der Waals surface area contributed by atoms with Crippen molar-refractivity contribution in [3.8, 4) is 0 Å². The normalized spacial score (nSPS) is 14.3. The lowest BCUT2D eigenvalue weighted by Crippen LogP contribution is -2.24. The van der Waals surface area contributed by atoms with Crippen molar-refractivity contribution in [1.29, 1.82) is 0 Å². The summed E-state index contributed by atoms with van der Waals surface area (Å²) in [6.07, 6.45) is 1.52. The third-order valence-corrected chi connectivity index (χ3v) is 4.59. The highest BCUT2D eigenvalue weighted by atomic mass is 16.1. The Bertz CT molecular complexity index is 667. The Kier molecular flexibility index (Phi) is 5.09. The van der Waals surface area contributed by atoms with E-state index in [1.54, 1.807) is 0 Å². The predicted molar refractivity (Wildman–Crippen MR) is 92.9 cm³/mol. The molecule has 2 aromatic rings. The van der Waals surface area contributed by atoms with Crippen LogP contribution < -0.4 is 10.6 Å². The fourth-order valence-electron chi connectivity index (χ4n) is 3.18. The largest absolute Gasteiger partial charge is 0.352 e. The zero-order valence-electron chi connectivity index (χ0n) is 13.6. The quantitative estimate of drug-likeness (QED) is 0.857. The molecule has 2 aromatic carbocycles. The molecule has 3 heteroatoms. The molecule has 1 atom stereocenters. The highest BCUT2D eigenvalue weighted by molar-refractivity contribution is 5.76. The van der Waals surface area contributed by atoms with E-state index in [0.717, 1.165) is 19.5 Å². The van der Waals surface area contributed by atoms with Crippen LogP contribution in [0.25, 0.3) is 0 Å². The topological polar surface area (TPSA) is 41.1 Å². The summed E-state index contributed by atoms with van der Waals surface area (Å²) in [6.45, 7) is 4.63. The van der Waals surface area contributed by atoms with Gasteiger partial charge in [-0.25, -0.2) is 0 Å². The second-order valence-electron chi connectivity index (χ2n) is 6.20. The molecule has 3 nitrogen and oxygen atoms in total. The van der Waals surface area contributed by atoms with Crippen LogP contribution >= 0.6 is 0 Å². The molecule has 1 unspecified atom stereocenters. The van der Waals surface area contributed by atoms with Crippen LogP contribution in [0.2, 0.25) is 0 Å². The number of carbonyl (C=O) groups excluding carboxylic acids is 1. The fourth-order valence-corrected chi connectivity index (χ4v) is 3.18. The molecule has 3 rings (SSSR count). The number of amides is 1. The number of rotatable bonds is 6. The van der Waals surface area contributed by atoms with Gasteiger partial charge in [-0.1, -0.05) is 55.5 Å². The molecule has 0 spiro atoms. The van der Waals surface area contributed by atoms with Gasteiger partial charge in [0.1, 0.15) is 0 Å². The minimum Gasteiger partial charge on any atom is -0.352 e. The van der Waals surface area contributed by atoms with Crippen molar-refractivity contribution in [2.75, 3.05) is 0 Å². The second kappa shape index (κ2) is 7.42. The van der Waals surface area contributed by atoms with Gasteiger partial charge >= 0.3 is 0 Å². The second-order valence-corrected chi connectivity index (χ2v) is 6.20. The maximum atomic E-state index is 12.3. The van der Waals surface area contributed by atoms with E-state index in [9.17, 15) is 4.79 Å². The van der Waals surface area contributed by atoms with Crippen molar-refractivity contribution < 1.29 is 4.79 Å². The minimum absolute atomic E-state index is 0.124. The van der Waals surface area contributed by atoms with E-state index < -0.39 is 0 Å². The van der Waals surface area contributed by atoms with E-state index in [1.807, 2.05) is 18.2 Å². The highest BCUT2D eigenvalue weighted by Crippen LogP contribution is 2.23. The molecule has 1 amide bonds. The van der Waals surface area contributed by atoms with Crippen LogP contribution in [-0.2, 0) is 24.4 Å². The maximum Gasteiger partial charge on any atom is 0.220 e. The van der Waals surface area contributed by atoms with Crippen LogP contribution in [0.3, 0.4) is 0 Å². The fraction of sp³-hybridized carbons (Fsp3) is 0.350. The SMILES string of the molecule is CCC(CC(=O)NCc1ccc2c(c1)CNC2)c1ccccc1. The molecule has 0 saturated heterocycles. The molecular weight excluding hydrogens is 284 g/mol. The van der Waals surface area contributed by atoms with Crippen molar-refractivity contribution >= 4 is 5.91 Å². The molecule has 0 bridgehead atoms. The monoisotopic (exact) mass is 308 g/mol. The van der Waals surface area contributed by atoms with Crippen LogP contribution in [0.5, 0.6) is 0 Å². The first-order chi connectivity index (χ1) is 11.3. The molecule has 0 radical (unpaired) electrons. The van der Waals surface area contributed by atoms with Gasteiger partial charge in [0.15, 0.2) is 0 Å². The van der Waals surface area contributed by atoms with Gasteiger partial charge in [-0.05, 0) is 34.6 Å². The van der Waals surface area contributed by atoms with Gasteiger partial charge < -0.3 is 10.6 Å². The zero-order chi connectivity index (χ0) is 16.1. The predicted octanol–water partition coefficient (Wildman–Crippen LogP) is 3.49. The van der Waals surface area contributed by atoms with E-state index in [4.69, 9.17) is 0 Å². The molecule has 0 saturated carbocycles. The smallest absolute Gasteiger partial charge is 0.220 e. The summed E-state index contributed by atoms with van der Waals surface area (Å²) < 4.78 is 0. The lowest BCUT2D eigenvalue weighted by molar-refractivity contribution is -0.121. The molecule has 0 aromatic heterocycles. The Morgan fingerprint density at radius 2 is 1.91 bits per heavy atom. The summed E-state index contributed by atoms with van der Waals surface area (Å²) >= 11 is 0. The number of benzene rings is 2. The summed E-state index contributed by atoms with van der Waals surface area (Å²) in [5.74, 6) is 0.416. The molecule has 0 fully saturated rings. The summed E-state index contributed by atoms with van der Waals surface area (Å²) in [7, 11) is 0. The summed E-state index contributed by atoms with van der Waals surface area (Å²) in [5.41, 5.74) is 5.14. The molecule has 0 aliphatic carbocycles. The molecule has 1 heterocycles. The van der Waals surface area contributed by atoms with Gasteiger partial charge in [0.25, 0.3) is 0 Å². The average Bonchev–Trinajstić information content (AvgIpc) is 3.06. The lowest BCUT2D eigenvalue weighted by Gasteiger charge is -2.15. The summed E-state index contributed by atoms with van der Waals surface area (Å²) in [6, 6.07) is 16.8. The Morgan fingerprint density at radius 1 is 1.13 bits per heavy atom. The first-order valence-electron chi connectivity index (χ1n) is 8.39. The molecule has 23 heavy (non-hydrogen) atoms. The maximum absolute atomic E-state index is 12.3. The summed E-state index contributed by atoms with van der Waals surface area (Å²) in [5, 5.41) is 6.41. The Hall–Kier alpha value is -2.13. The number of nitrogens with one attached hydrogen (secondary N) is 2. The van der Waals surface area contributed by atoms with E-state index in [0.29, 0.717) is 18.9 Å². The van der Waals surface area contributed by atoms with Crippen molar-refractivity contribution in [1.82, 2.24) is 10.6 Å². The van der Waals surface area contributed by atoms with Crippen LogP contribution in [0.4, 0.5) is 0 Å². The molecule has 2 N–H and O–H groups in total. The Balaban J connectivity index is 1.55. The Labute approximate surface area is 138 Å². The van der Waals surface area contributed by atoms with E-state index in [1.165, 1.54) is 22.3 Å². The summed E-state index contributed by atoms with van der Waals surface area (Å²) in [4.78, 5) is 12.3. The van der Waals surface area contributed by atoms with Gasteiger partial charge in [-0.3, -0.25) is 4.79 Å². The third-order valence-electron chi connectivity index (χ3n) is 4.59.